The molecule has 1 aromatic heterocycles. The number of nitrogens with one attached hydrogen (secondary N) is 1. The number of hydrogen-bond donors (Lipinski definition) is 1. The number of aromatic nitrogens is 2. The van der Waals surface area contributed by atoms with Gasteiger partial charge in [0.2, 0.25) is 6.79 Å². The molecule has 0 atom stereocenters. The highest BCUT2D eigenvalue weighted by Crippen LogP contribution is 2.35. The Morgan fingerprint density at radius 2 is 2.06 bits per heavy atom. The maximum Gasteiger partial charge on any atom is 0.231 e. The van der Waals surface area contributed by atoms with E-state index in [-0.39, 0.29) is 6.79 Å². The van der Waals surface area contributed by atoms with Crippen molar-refractivity contribution in [2.45, 2.75) is 6.92 Å². The third kappa shape index (κ3) is 1.73. The van der Waals surface area contributed by atoms with Crippen LogP contribution < -0.4 is 14.8 Å². The minimum atomic E-state index is 0.275. The Morgan fingerprint density at radius 1 is 1.22 bits per heavy atom. The smallest absolute Gasteiger partial charge is 0.231 e. The van der Waals surface area contributed by atoms with Gasteiger partial charge >= 0.3 is 0 Å². The first-order valence-corrected chi connectivity index (χ1v) is 5.69. The van der Waals surface area contributed by atoms with Crippen molar-refractivity contribution in [2.24, 2.45) is 0 Å². The molecule has 0 unspecified atom stereocenters. The van der Waals surface area contributed by atoms with Crippen molar-refractivity contribution < 1.29 is 9.47 Å². The van der Waals surface area contributed by atoms with E-state index in [2.05, 4.69) is 15.3 Å². The monoisotopic (exact) mass is 243 g/mol. The molecule has 92 valence electrons. The van der Waals surface area contributed by atoms with Crippen LogP contribution in [0.1, 0.15) is 5.69 Å². The van der Waals surface area contributed by atoms with Gasteiger partial charge in [-0.25, -0.2) is 9.97 Å². The van der Waals surface area contributed by atoms with Crippen LogP contribution in [0.25, 0.3) is 11.4 Å². The van der Waals surface area contributed by atoms with Crippen molar-refractivity contribution in [3.63, 3.8) is 0 Å². The van der Waals surface area contributed by atoms with Crippen molar-refractivity contribution in [1.29, 1.82) is 0 Å². The third-order valence-electron chi connectivity index (χ3n) is 2.88. The van der Waals surface area contributed by atoms with Crippen molar-refractivity contribution in [1.82, 2.24) is 9.97 Å². The van der Waals surface area contributed by atoms with Gasteiger partial charge in [-0.05, 0) is 25.1 Å². The molecule has 0 saturated carbocycles. The Bertz CT molecular complexity index is 599. The second-order valence-electron chi connectivity index (χ2n) is 4.01. The minimum Gasteiger partial charge on any atom is -0.454 e. The number of ether oxygens (including phenoxy) is 2. The Labute approximate surface area is 105 Å². The van der Waals surface area contributed by atoms with Crippen molar-refractivity contribution >= 4 is 5.69 Å². The van der Waals surface area contributed by atoms with E-state index in [0.29, 0.717) is 5.82 Å². The first kappa shape index (κ1) is 10.8. The van der Waals surface area contributed by atoms with Gasteiger partial charge in [0.05, 0.1) is 17.6 Å². The molecule has 0 radical (unpaired) electrons. The summed E-state index contributed by atoms with van der Waals surface area (Å²) in [6, 6.07) is 5.71. The number of nitrogens with zero attached hydrogens (tertiary/aromatic N) is 2. The standard InChI is InChI=1S/C13H13N3O2/c1-8-10(14-2)6-15-13(16-8)9-3-4-11-12(5-9)18-7-17-11/h3-6,14H,7H2,1-2H3. The molecule has 0 amide bonds. The number of rotatable bonds is 2. The molecule has 0 bridgehead atoms. The lowest BCUT2D eigenvalue weighted by Crippen LogP contribution is -1.98. The van der Waals surface area contributed by atoms with Crippen LogP contribution in [0.3, 0.4) is 0 Å². The number of fused-ring (bicyclic) bond motifs is 1. The summed E-state index contributed by atoms with van der Waals surface area (Å²) >= 11 is 0. The molecule has 1 aliphatic heterocycles. The number of benzene rings is 1. The van der Waals surface area contributed by atoms with E-state index < -0.39 is 0 Å². The van der Waals surface area contributed by atoms with Crippen molar-refractivity contribution in [3.05, 3.63) is 30.1 Å². The maximum atomic E-state index is 5.35. The fraction of sp³-hybridized carbons (Fsp3) is 0.231. The molecule has 5 heteroatoms. The number of aryl methyl sites for hydroxylation is 1. The third-order valence-corrected chi connectivity index (χ3v) is 2.88. The largest absolute Gasteiger partial charge is 0.454 e. The van der Waals surface area contributed by atoms with Crippen molar-refractivity contribution in [3.8, 4) is 22.9 Å². The van der Waals surface area contributed by atoms with Gasteiger partial charge in [0.1, 0.15) is 0 Å². The Balaban J connectivity index is 2.02. The van der Waals surface area contributed by atoms with Gasteiger partial charge in [-0.2, -0.15) is 0 Å². The molecule has 2 heterocycles. The predicted molar refractivity (Wildman–Crippen MR) is 67.9 cm³/mol. The van der Waals surface area contributed by atoms with E-state index in [1.807, 2.05) is 32.2 Å². The lowest BCUT2D eigenvalue weighted by molar-refractivity contribution is 0.174. The SMILES string of the molecule is CNc1cnc(-c2ccc3c(c2)OCO3)nc1C. The Hall–Kier alpha value is -2.30. The Kier molecular flexibility index (Phi) is 2.51. The van der Waals surface area contributed by atoms with Gasteiger partial charge in [-0.15, -0.1) is 0 Å². The lowest BCUT2D eigenvalue weighted by Gasteiger charge is -2.06. The van der Waals surface area contributed by atoms with Gasteiger partial charge < -0.3 is 14.8 Å². The van der Waals surface area contributed by atoms with Crippen LogP contribution in [-0.2, 0) is 0 Å². The summed E-state index contributed by atoms with van der Waals surface area (Å²) in [5, 5.41) is 3.05. The predicted octanol–water partition coefficient (Wildman–Crippen LogP) is 2.22. The second kappa shape index (κ2) is 4.18. The molecule has 0 aliphatic carbocycles. The van der Waals surface area contributed by atoms with Gasteiger partial charge in [0.15, 0.2) is 17.3 Å². The lowest BCUT2D eigenvalue weighted by atomic mass is 10.2. The van der Waals surface area contributed by atoms with E-state index in [4.69, 9.17) is 9.47 Å². The zero-order valence-electron chi connectivity index (χ0n) is 10.2. The van der Waals surface area contributed by atoms with Crippen LogP contribution >= 0.6 is 0 Å². The molecule has 1 aliphatic rings. The van der Waals surface area contributed by atoms with Gasteiger partial charge in [-0.1, -0.05) is 0 Å². The van der Waals surface area contributed by atoms with Crippen LogP contribution in [-0.4, -0.2) is 23.8 Å². The fourth-order valence-electron chi connectivity index (χ4n) is 1.89. The molecule has 1 N–H and O–H groups in total. The van der Waals surface area contributed by atoms with E-state index in [1.54, 1.807) is 6.20 Å². The van der Waals surface area contributed by atoms with E-state index in [9.17, 15) is 0 Å². The van der Waals surface area contributed by atoms with Crippen LogP contribution in [0, 0.1) is 6.92 Å². The maximum absolute atomic E-state index is 5.35. The average molecular weight is 243 g/mol. The molecule has 0 fully saturated rings. The highest BCUT2D eigenvalue weighted by Gasteiger charge is 2.15. The summed E-state index contributed by atoms with van der Waals surface area (Å²) in [6.07, 6.45) is 1.78. The zero-order chi connectivity index (χ0) is 12.5. The molecular formula is C13H13N3O2. The molecule has 3 rings (SSSR count). The van der Waals surface area contributed by atoms with E-state index >= 15 is 0 Å². The first-order chi connectivity index (χ1) is 8.78. The molecule has 2 aromatic rings. The van der Waals surface area contributed by atoms with Gasteiger partial charge in [0, 0.05) is 12.6 Å². The summed E-state index contributed by atoms with van der Waals surface area (Å²) in [5.74, 6) is 2.19. The second-order valence-corrected chi connectivity index (χ2v) is 4.01. The summed E-state index contributed by atoms with van der Waals surface area (Å²) in [7, 11) is 1.85. The summed E-state index contributed by atoms with van der Waals surface area (Å²) < 4.78 is 10.6. The van der Waals surface area contributed by atoms with Crippen LogP contribution in [0.2, 0.25) is 0 Å². The van der Waals surface area contributed by atoms with Crippen molar-refractivity contribution in [2.75, 3.05) is 19.2 Å². The molecule has 1 aromatic carbocycles. The highest BCUT2D eigenvalue weighted by molar-refractivity contribution is 5.63. The van der Waals surface area contributed by atoms with Crippen LogP contribution in [0.15, 0.2) is 24.4 Å². The van der Waals surface area contributed by atoms with Gasteiger partial charge in [-0.3, -0.25) is 0 Å². The fourth-order valence-corrected chi connectivity index (χ4v) is 1.89. The molecule has 18 heavy (non-hydrogen) atoms. The molecule has 0 saturated heterocycles. The average Bonchev–Trinajstić information content (AvgIpc) is 2.85. The van der Waals surface area contributed by atoms with E-state index in [1.165, 1.54) is 0 Å². The normalized spacial score (nSPS) is 12.6. The summed E-state index contributed by atoms with van der Waals surface area (Å²) in [6.45, 7) is 2.22. The van der Waals surface area contributed by atoms with Crippen LogP contribution in [0.5, 0.6) is 11.5 Å². The Morgan fingerprint density at radius 3 is 2.83 bits per heavy atom. The number of anilines is 1. The first-order valence-electron chi connectivity index (χ1n) is 5.69. The van der Waals surface area contributed by atoms with Gasteiger partial charge in [0.25, 0.3) is 0 Å². The molecule has 5 nitrogen and oxygen atoms in total. The van der Waals surface area contributed by atoms with E-state index in [0.717, 1.165) is 28.4 Å². The molecule has 0 spiro atoms. The minimum absolute atomic E-state index is 0.275. The molecular weight excluding hydrogens is 230 g/mol. The van der Waals surface area contributed by atoms with Crippen LogP contribution in [0.4, 0.5) is 5.69 Å². The zero-order valence-corrected chi connectivity index (χ0v) is 10.2. The summed E-state index contributed by atoms with van der Waals surface area (Å²) in [4.78, 5) is 8.81. The topological polar surface area (TPSA) is 56.3 Å². The summed E-state index contributed by atoms with van der Waals surface area (Å²) in [5.41, 5.74) is 2.77. The quantitative estimate of drug-likeness (QED) is 0.876. The highest BCUT2D eigenvalue weighted by atomic mass is 16.7. The number of hydrogen-bond acceptors (Lipinski definition) is 5.